The minimum Gasteiger partial charge on any atom is -0.0764 e. The molecule has 96 valence electrons. The van der Waals surface area contributed by atoms with E-state index in [0.29, 0.717) is 0 Å². The van der Waals surface area contributed by atoms with Gasteiger partial charge in [0.2, 0.25) is 0 Å². The van der Waals surface area contributed by atoms with E-state index < -0.39 is 0 Å². The zero-order valence-electron chi connectivity index (χ0n) is 11.6. The zero-order chi connectivity index (χ0) is 13.5. The SMILES string of the molecule is CC(C)=CC=C(Cc1ccccc1)c1ccccc1. The molecule has 0 heterocycles. The summed E-state index contributed by atoms with van der Waals surface area (Å²) >= 11 is 0. The quantitative estimate of drug-likeness (QED) is 0.646. The summed E-state index contributed by atoms with van der Waals surface area (Å²) in [6.45, 7) is 4.25. The molecule has 0 bridgehead atoms. The Balaban J connectivity index is 2.31. The molecule has 0 aliphatic heterocycles. The molecule has 0 aliphatic rings. The fraction of sp³-hybridized carbons (Fsp3) is 0.158. The Hall–Kier alpha value is -2.08. The summed E-state index contributed by atoms with van der Waals surface area (Å²) in [5, 5.41) is 0. The van der Waals surface area contributed by atoms with Crippen molar-refractivity contribution in [3.8, 4) is 0 Å². The summed E-state index contributed by atoms with van der Waals surface area (Å²) in [5.41, 5.74) is 5.32. The Labute approximate surface area is 116 Å². The molecule has 0 unspecified atom stereocenters. The number of rotatable bonds is 4. The van der Waals surface area contributed by atoms with Crippen LogP contribution < -0.4 is 0 Å². The van der Waals surface area contributed by atoms with Crippen LogP contribution in [0.5, 0.6) is 0 Å². The Bertz CT molecular complexity index is 556. The first kappa shape index (κ1) is 13.4. The van der Waals surface area contributed by atoms with E-state index in [1.54, 1.807) is 0 Å². The Morgan fingerprint density at radius 2 is 1.37 bits per heavy atom. The second-order valence-electron chi connectivity index (χ2n) is 4.96. The van der Waals surface area contributed by atoms with Crippen molar-refractivity contribution < 1.29 is 0 Å². The normalized spacial score (nSPS) is 11.2. The lowest BCUT2D eigenvalue weighted by Crippen LogP contribution is -1.90. The van der Waals surface area contributed by atoms with Crippen LogP contribution in [-0.4, -0.2) is 0 Å². The van der Waals surface area contributed by atoms with Crippen LogP contribution in [0.15, 0.2) is 78.4 Å². The van der Waals surface area contributed by atoms with E-state index >= 15 is 0 Å². The van der Waals surface area contributed by atoms with Gasteiger partial charge in [-0.3, -0.25) is 0 Å². The Kier molecular flexibility index (Phi) is 4.74. The molecule has 0 nitrogen and oxygen atoms in total. The molecule has 0 N–H and O–H groups in total. The summed E-state index contributed by atoms with van der Waals surface area (Å²) in [5.74, 6) is 0. The predicted octanol–water partition coefficient (Wildman–Crippen LogP) is 5.28. The van der Waals surface area contributed by atoms with Gasteiger partial charge in [0.15, 0.2) is 0 Å². The van der Waals surface area contributed by atoms with Crippen LogP contribution in [0.4, 0.5) is 0 Å². The van der Waals surface area contributed by atoms with E-state index in [-0.39, 0.29) is 0 Å². The average molecular weight is 248 g/mol. The highest BCUT2D eigenvalue weighted by Crippen LogP contribution is 2.20. The van der Waals surface area contributed by atoms with Gasteiger partial charge in [0, 0.05) is 0 Å². The smallest absolute Gasteiger partial charge is 0.00198 e. The predicted molar refractivity (Wildman–Crippen MR) is 84.0 cm³/mol. The van der Waals surface area contributed by atoms with Gasteiger partial charge in [-0.2, -0.15) is 0 Å². The number of hydrogen-bond donors (Lipinski definition) is 0. The fourth-order valence-electron chi connectivity index (χ4n) is 1.99. The first-order chi connectivity index (χ1) is 9.25. The molecule has 0 aromatic heterocycles. The number of benzene rings is 2. The van der Waals surface area contributed by atoms with Gasteiger partial charge in [-0.25, -0.2) is 0 Å². The summed E-state index contributed by atoms with van der Waals surface area (Å²) in [6.07, 6.45) is 5.39. The molecule has 0 saturated carbocycles. The lowest BCUT2D eigenvalue weighted by atomic mass is 9.97. The maximum Gasteiger partial charge on any atom is -0.00198 e. The van der Waals surface area contributed by atoms with E-state index in [4.69, 9.17) is 0 Å². The van der Waals surface area contributed by atoms with Crippen molar-refractivity contribution in [1.29, 1.82) is 0 Å². The van der Waals surface area contributed by atoms with Crippen molar-refractivity contribution in [1.82, 2.24) is 0 Å². The third-order valence-electron chi connectivity index (χ3n) is 3.00. The minimum atomic E-state index is 0.967. The second kappa shape index (κ2) is 6.75. The van der Waals surface area contributed by atoms with Gasteiger partial charge in [0.25, 0.3) is 0 Å². The molecule has 2 aromatic carbocycles. The summed E-state index contributed by atoms with van der Waals surface area (Å²) in [4.78, 5) is 0. The molecule has 19 heavy (non-hydrogen) atoms. The monoisotopic (exact) mass is 248 g/mol. The molecule has 2 aromatic rings. The van der Waals surface area contributed by atoms with Crippen LogP contribution in [0, 0.1) is 0 Å². The van der Waals surface area contributed by atoms with Gasteiger partial charge in [-0.15, -0.1) is 0 Å². The van der Waals surface area contributed by atoms with Crippen LogP contribution in [-0.2, 0) is 6.42 Å². The molecule has 0 radical (unpaired) electrons. The highest BCUT2D eigenvalue weighted by molar-refractivity contribution is 5.69. The van der Waals surface area contributed by atoms with E-state index in [1.165, 1.54) is 22.3 Å². The molecular weight excluding hydrogens is 228 g/mol. The molecular formula is C19H20. The standard InChI is InChI=1S/C19H20/c1-16(2)13-14-19(18-11-7-4-8-12-18)15-17-9-5-3-6-10-17/h3-14H,15H2,1-2H3. The molecule has 0 spiro atoms. The first-order valence-corrected chi connectivity index (χ1v) is 6.69. The van der Waals surface area contributed by atoms with Gasteiger partial charge in [-0.1, -0.05) is 78.4 Å². The highest BCUT2D eigenvalue weighted by Gasteiger charge is 2.01. The fourth-order valence-corrected chi connectivity index (χ4v) is 1.99. The first-order valence-electron chi connectivity index (χ1n) is 6.69. The van der Waals surface area contributed by atoms with E-state index in [9.17, 15) is 0 Å². The Morgan fingerprint density at radius 1 is 0.789 bits per heavy atom. The van der Waals surface area contributed by atoms with Crippen LogP contribution in [0.1, 0.15) is 25.0 Å². The van der Waals surface area contributed by atoms with E-state index in [2.05, 4.69) is 86.7 Å². The second-order valence-corrected chi connectivity index (χ2v) is 4.96. The van der Waals surface area contributed by atoms with Crippen LogP contribution in [0.3, 0.4) is 0 Å². The third-order valence-corrected chi connectivity index (χ3v) is 3.00. The molecule has 0 heteroatoms. The molecule has 0 saturated heterocycles. The summed E-state index contributed by atoms with van der Waals surface area (Å²) in [7, 11) is 0. The van der Waals surface area contributed by atoms with Gasteiger partial charge in [0.1, 0.15) is 0 Å². The molecule has 0 aliphatic carbocycles. The van der Waals surface area contributed by atoms with Crippen LogP contribution in [0.2, 0.25) is 0 Å². The molecule has 2 rings (SSSR count). The van der Waals surface area contributed by atoms with Gasteiger partial charge < -0.3 is 0 Å². The third kappa shape index (κ3) is 4.26. The Morgan fingerprint density at radius 3 is 1.95 bits per heavy atom. The van der Waals surface area contributed by atoms with E-state index in [0.717, 1.165) is 6.42 Å². The highest BCUT2D eigenvalue weighted by atomic mass is 14.1. The lowest BCUT2D eigenvalue weighted by molar-refractivity contribution is 1.28. The summed E-state index contributed by atoms with van der Waals surface area (Å²) < 4.78 is 0. The maximum absolute atomic E-state index is 2.23. The number of allylic oxidation sites excluding steroid dienone is 4. The van der Waals surface area contributed by atoms with Crippen molar-refractivity contribution in [3.05, 3.63) is 89.5 Å². The van der Waals surface area contributed by atoms with Crippen molar-refractivity contribution >= 4 is 5.57 Å². The summed E-state index contributed by atoms with van der Waals surface area (Å²) in [6, 6.07) is 21.2. The maximum atomic E-state index is 2.23. The van der Waals surface area contributed by atoms with Crippen molar-refractivity contribution in [2.45, 2.75) is 20.3 Å². The van der Waals surface area contributed by atoms with Gasteiger partial charge in [0.05, 0.1) is 0 Å². The van der Waals surface area contributed by atoms with Crippen molar-refractivity contribution in [3.63, 3.8) is 0 Å². The van der Waals surface area contributed by atoms with E-state index in [1.807, 2.05) is 0 Å². The van der Waals surface area contributed by atoms with Crippen LogP contribution >= 0.6 is 0 Å². The van der Waals surface area contributed by atoms with Gasteiger partial charge in [-0.05, 0) is 37.0 Å². The van der Waals surface area contributed by atoms with Crippen molar-refractivity contribution in [2.24, 2.45) is 0 Å². The lowest BCUT2D eigenvalue weighted by Gasteiger charge is -2.07. The van der Waals surface area contributed by atoms with Crippen LogP contribution in [0.25, 0.3) is 5.57 Å². The zero-order valence-corrected chi connectivity index (χ0v) is 11.6. The van der Waals surface area contributed by atoms with Crippen molar-refractivity contribution in [2.75, 3.05) is 0 Å². The molecule has 0 atom stereocenters. The van der Waals surface area contributed by atoms with Gasteiger partial charge >= 0.3 is 0 Å². The molecule has 0 fully saturated rings. The average Bonchev–Trinajstić information content (AvgIpc) is 2.45. The minimum absolute atomic E-state index is 0.967. The molecule has 0 amide bonds. The topological polar surface area (TPSA) is 0 Å². The largest absolute Gasteiger partial charge is 0.0764 e. The number of hydrogen-bond acceptors (Lipinski definition) is 0.